The van der Waals surface area contributed by atoms with Crippen molar-refractivity contribution in [1.82, 2.24) is 4.57 Å². The molecule has 0 radical (unpaired) electrons. The van der Waals surface area contributed by atoms with Crippen LogP contribution < -0.4 is 9.54 Å². The molecule has 1 aliphatic rings. The summed E-state index contributed by atoms with van der Waals surface area (Å²) < 4.78 is 7.71. The summed E-state index contributed by atoms with van der Waals surface area (Å²) in [7, 11) is 1.69. The number of hydrogen-bond acceptors (Lipinski definition) is 3. The maximum absolute atomic E-state index is 5.28. The fourth-order valence-corrected chi connectivity index (χ4v) is 4.01. The van der Waals surface area contributed by atoms with Crippen LogP contribution in [0.25, 0.3) is 0 Å². The molecule has 1 saturated carbocycles. The van der Waals surface area contributed by atoms with Crippen LogP contribution >= 0.6 is 11.3 Å². The molecule has 0 saturated heterocycles. The molecule has 1 heterocycles. The fourth-order valence-electron chi connectivity index (χ4n) is 3.06. The van der Waals surface area contributed by atoms with Crippen molar-refractivity contribution in [2.24, 2.45) is 4.99 Å². The van der Waals surface area contributed by atoms with Crippen molar-refractivity contribution in [3.63, 3.8) is 0 Å². The van der Waals surface area contributed by atoms with Gasteiger partial charge in [0.2, 0.25) is 0 Å². The number of nitrogens with zero attached hydrogens (tertiary/aromatic N) is 2. The molecule has 0 bridgehead atoms. The van der Waals surface area contributed by atoms with E-state index in [2.05, 4.69) is 16.9 Å². The van der Waals surface area contributed by atoms with E-state index in [4.69, 9.17) is 9.73 Å². The Hall–Kier alpha value is -1.55. The number of thiazole rings is 1. The minimum Gasteiger partial charge on any atom is -0.497 e. The topological polar surface area (TPSA) is 26.5 Å². The maximum Gasteiger partial charge on any atom is 0.190 e. The van der Waals surface area contributed by atoms with E-state index in [1.54, 1.807) is 18.4 Å². The van der Waals surface area contributed by atoms with Gasteiger partial charge in [0.25, 0.3) is 0 Å². The van der Waals surface area contributed by atoms with Crippen molar-refractivity contribution >= 4 is 17.0 Å². The van der Waals surface area contributed by atoms with Crippen LogP contribution in [0.5, 0.6) is 5.75 Å². The van der Waals surface area contributed by atoms with E-state index in [1.165, 1.54) is 37.8 Å². The Morgan fingerprint density at radius 1 is 1.24 bits per heavy atom. The molecule has 2 aromatic rings. The molecule has 1 aromatic heterocycles. The molecule has 1 aliphatic carbocycles. The fraction of sp³-hybridized carbons (Fsp3) is 0.471. The van der Waals surface area contributed by atoms with Gasteiger partial charge in [-0.05, 0) is 31.9 Å². The monoisotopic (exact) mass is 302 g/mol. The lowest BCUT2D eigenvalue weighted by Gasteiger charge is -2.24. The van der Waals surface area contributed by atoms with E-state index in [-0.39, 0.29) is 0 Å². The van der Waals surface area contributed by atoms with Gasteiger partial charge in [0, 0.05) is 23.2 Å². The Morgan fingerprint density at radius 3 is 2.81 bits per heavy atom. The van der Waals surface area contributed by atoms with Gasteiger partial charge in [0.1, 0.15) is 5.75 Å². The van der Waals surface area contributed by atoms with Crippen molar-refractivity contribution in [1.29, 1.82) is 0 Å². The predicted molar refractivity (Wildman–Crippen MR) is 87.4 cm³/mol. The summed E-state index contributed by atoms with van der Waals surface area (Å²) in [5.74, 6) is 0.855. The van der Waals surface area contributed by atoms with E-state index in [1.807, 2.05) is 24.3 Å². The molecule has 1 fully saturated rings. The third-order valence-electron chi connectivity index (χ3n) is 4.14. The van der Waals surface area contributed by atoms with Gasteiger partial charge in [-0.15, -0.1) is 11.3 Å². The van der Waals surface area contributed by atoms with E-state index >= 15 is 0 Å². The number of aryl methyl sites for hydroxylation is 1. The summed E-state index contributed by atoms with van der Waals surface area (Å²) >= 11 is 1.73. The smallest absolute Gasteiger partial charge is 0.190 e. The van der Waals surface area contributed by atoms with E-state index < -0.39 is 0 Å². The number of rotatable bonds is 3. The number of ether oxygens (including phenoxy) is 1. The van der Waals surface area contributed by atoms with Crippen LogP contribution in [0.1, 0.15) is 43.8 Å². The number of benzene rings is 1. The lowest BCUT2D eigenvalue weighted by molar-refractivity contribution is 0.344. The predicted octanol–water partition coefficient (Wildman–Crippen LogP) is 4.60. The van der Waals surface area contributed by atoms with Gasteiger partial charge in [-0.1, -0.05) is 25.3 Å². The van der Waals surface area contributed by atoms with Crippen LogP contribution in [-0.2, 0) is 0 Å². The average molecular weight is 302 g/mol. The third kappa shape index (κ3) is 3.21. The summed E-state index contributed by atoms with van der Waals surface area (Å²) in [6, 6.07) is 8.58. The summed E-state index contributed by atoms with van der Waals surface area (Å²) in [5.41, 5.74) is 2.29. The Bertz CT molecular complexity index is 665. The zero-order valence-electron chi connectivity index (χ0n) is 12.7. The van der Waals surface area contributed by atoms with E-state index in [0.717, 1.165) is 16.2 Å². The van der Waals surface area contributed by atoms with Gasteiger partial charge in [0.15, 0.2) is 4.80 Å². The second kappa shape index (κ2) is 6.48. The SMILES string of the molecule is COc1cccc(N=c2scc(C)n2C2CCCCC2)c1. The Kier molecular flexibility index (Phi) is 4.44. The van der Waals surface area contributed by atoms with Crippen LogP contribution in [-0.4, -0.2) is 11.7 Å². The first-order valence-corrected chi connectivity index (χ1v) is 8.51. The molecule has 1 aromatic carbocycles. The molecule has 0 spiro atoms. The second-order valence-electron chi connectivity index (χ2n) is 5.63. The summed E-state index contributed by atoms with van der Waals surface area (Å²) in [5, 5.41) is 2.22. The van der Waals surface area contributed by atoms with Gasteiger partial charge < -0.3 is 9.30 Å². The molecular weight excluding hydrogens is 280 g/mol. The maximum atomic E-state index is 5.28. The zero-order chi connectivity index (χ0) is 14.7. The standard InChI is InChI=1S/C17H22N2OS/c1-13-12-21-17(19(13)15-8-4-3-5-9-15)18-14-7-6-10-16(11-14)20-2/h6-7,10-12,15H,3-5,8-9H2,1-2H3. The van der Waals surface area contributed by atoms with Crippen molar-refractivity contribution in [3.05, 3.63) is 40.1 Å². The van der Waals surface area contributed by atoms with Gasteiger partial charge in [-0.3, -0.25) is 0 Å². The molecule has 0 aliphatic heterocycles. The first kappa shape index (κ1) is 14.4. The molecule has 4 heteroatoms. The summed E-state index contributed by atoms with van der Waals surface area (Å²) in [6.07, 6.45) is 6.62. The van der Waals surface area contributed by atoms with Crippen LogP contribution in [0.4, 0.5) is 5.69 Å². The minimum absolute atomic E-state index is 0.620. The molecule has 112 valence electrons. The lowest BCUT2D eigenvalue weighted by atomic mass is 9.95. The van der Waals surface area contributed by atoms with Gasteiger partial charge >= 0.3 is 0 Å². The quantitative estimate of drug-likeness (QED) is 0.813. The van der Waals surface area contributed by atoms with E-state index in [0.29, 0.717) is 6.04 Å². The highest BCUT2D eigenvalue weighted by molar-refractivity contribution is 7.07. The molecule has 0 atom stereocenters. The summed E-state index contributed by atoms with van der Waals surface area (Å²) in [4.78, 5) is 5.95. The molecule has 3 rings (SSSR count). The first-order chi connectivity index (χ1) is 10.3. The van der Waals surface area contributed by atoms with Crippen LogP contribution in [0.15, 0.2) is 34.6 Å². The molecule has 0 unspecified atom stereocenters. The average Bonchev–Trinajstić information content (AvgIpc) is 2.89. The Labute approximate surface area is 129 Å². The first-order valence-electron chi connectivity index (χ1n) is 7.63. The van der Waals surface area contributed by atoms with Crippen molar-refractivity contribution in [2.75, 3.05) is 7.11 Å². The number of methoxy groups -OCH3 is 1. The van der Waals surface area contributed by atoms with Gasteiger partial charge in [-0.2, -0.15) is 0 Å². The highest BCUT2D eigenvalue weighted by Gasteiger charge is 2.17. The number of aromatic nitrogens is 1. The normalized spacial score (nSPS) is 17.1. The lowest BCUT2D eigenvalue weighted by Crippen LogP contribution is -2.23. The van der Waals surface area contributed by atoms with Crippen LogP contribution in [0, 0.1) is 6.92 Å². The van der Waals surface area contributed by atoms with Crippen molar-refractivity contribution < 1.29 is 4.74 Å². The molecule has 0 amide bonds. The zero-order valence-corrected chi connectivity index (χ0v) is 13.5. The van der Waals surface area contributed by atoms with Gasteiger partial charge in [-0.25, -0.2) is 4.99 Å². The highest BCUT2D eigenvalue weighted by atomic mass is 32.1. The molecule has 3 nitrogen and oxygen atoms in total. The van der Waals surface area contributed by atoms with Crippen LogP contribution in [0.3, 0.4) is 0 Å². The van der Waals surface area contributed by atoms with E-state index in [9.17, 15) is 0 Å². The summed E-state index contributed by atoms with van der Waals surface area (Å²) in [6.45, 7) is 2.19. The highest BCUT2D eigenvalue weighted by Crippen LogP contribution is 2.29. The Balaban J connectivity index is 1.99. The second-order valence-corrected chi connectivity index (χ2v) is 6.47. The third-order valence-corrected chi connectivity index (χ3v) is 5.10. The van der Waals surface area contributed by atoms with Crippen molar-refractivity contribution in [2.45, 2.75) is 45.1 Å². The molecular formula is C17H22N2OS. The minimum atomic E-state index is 0.620. The number of hydrogen-bond donors (Lipinski definition) is 0. The van der Waals surface area contributed by atoms with Crippen molar-refractivity contribution in [3.8, 4) is 5.75 Å². The molecule has 21 heavy (non-hydrogen) atoms. The Morgan fingerprint density at radius 2 is 2.05 bits per heavy atom. The van der Waals surface area contributed by atoms with Gasteiger partial charge in [0.05, 0.1) is 12.8 Å². The molecule has 0 N–H and O–H groups in total. The van der Waals surface area contributed by atoms with Crippen LogP contribution in [0.2, 0.25) is 0 Å². The largest absolute Gasteiger partial charge is 0.497 e.